The number of cyclic esters (lactones) is 1. The third-order valence-electron chi connectivity index (χ3n) is 22.6. The molecule has 404 valence electrons. The van der Waals surface area contributed by atoms with Crippen molar-refractivity contribution in [1.29, 1.82) is 0 Å². The molecule has 11 nitrogen and oxygen atoms in total. The second kappa shape index (κ2) is 19.2. The highest BCUT2D eigenvalue weighted by Gasteiger charge is 2.62. The van der Waals surface area contributed by atoms with Crippen molar-refractivity contribution in [2.24, 2.45) is 69.0 Å². The first-order chi connectivity index (χ1) is 33.8. The van der Waals surface area contributed by atoms with Crippen LogP contribution in [0.3, 0.4) is 0 Å². The highest BCUT2D eigenvalue weighted by Crippen LogP contribution is 2.64. The van der Waals surface area contributed by atoms with Crippen molar-refractivity contribution in [2.75, 3.05) is 6.61 Å². The van der Waals surface area contributed by atoms with Gasteiger partial charge in [-0.25, -0.2) is 4.79 Å². The zero-order valence-corrected chi connectivity index (χ0v) is 47.5. The van der Waals surface area contributed by atoms with E-state index in [1.807, 2.05) is 27.7 Å². The van der Waals surface area contributed by atoms with Gasteiger partial charge in [0, 0.05) is 22.7 Å². The molecule has 9 atom stereocenters. The maximum Gasteiger partial charge on any atom is 0.347 e. The predicted molar refractivity (Wildman–Crippen MR) is 280 cm³/mol. The normalized spacial score (nSPS) is 43.0. The Morgan fingerprint density at radius 3 is 1.40 bits per heavy atom. The minimum absolute atomic E-state index is 0.104. The van der Waals surface area contributed by atoms with Crippen molar-refractivity contribution in [3.63, 3.8) is 0 Å². The number of esters is 5. The topological polar surface area (TPSA) is 152 Å². The number of hydrogen-bond donors (Lipinski definition) is 1. The lowest BCUT2D eigenvalue weighted by Gasteiger charge is -2.59. The summed E-state index contributed by atoms with van der Waals surface area (Å²) < 4.78 is 31.6. The molecule has 13 rings (SSSR count). The summed E-state index contributed by atoms with van der Waals surface area (Å²) >= 11 is 2.67. The van der Waals surface area contributed by atoms with Gasteiger partial charge in [0.2, 0.25) is 6.10 Å². The van der Waals surface area contributed by atoms with Gasteiger partial charge in [-0.05, 0) is 230 Å². The largest absolute Gasteiger partial charge is 0.463 e. The highest BCUT2D eigenvalue weighted by molar-refractivity contribution is 14.1. The quantitative estimate of drug-likeness (QED) is 0.0477. The molecule has 9 unspecified atom stereocenters. The van der Waals surface area contributed by atoms with Crippen LogP contribution in [0.4, 0.5) is 0 Å². The molecule has 0 spiro atoms. The number of halogens is 1. The molecule has 12 saturated carbocycles. The monoisotopic (exact) mass is 1110 g/mol. The Hall–Kier alpha value is -1.96. The van der Waals surface area contributed by atoms with Crippen LogP contribution in [-0.4, -0.2) is 73.5 Å². The van der Waals surface area contributed by atoms with Crippen LogP contribution in [0.2, 0.25) is 0 Å². The van der Waals surface area contributed by atoms with Gasteiger partial charge in [-0.1, -0.05) is 55.7 Å². The molecule has 1 N–H and O–H groups in total. The average Bonchev–Trinajstić information content (AvgIpc) is 3.69. The van der Waals surface area contributed by atoms with Crippen molar-refractivity contribution in [3.05, 3.63) is 0 Å². The summed E-state index contributed by atoms with van der Waals surface area (Å²) in [6, 6.07) is 0. The van der Waals surface area contributed by atoms with Gasteiger partial charge in [0.05, 0.1) is 33.9 Å². The molecule has 0 amide bonds. The van der Waals surface area contributed by atoms with Gasteiger partial charge in [0.1, 0.15) is 16.8 Å². The number of carbonyl (C=O) groups is 5. The molecular weight excluding hydrogens is 1020 g/mol. The van der Waals surface area contributed by atoms with Crippen LogP contribution in [-0.2, 0) is 47.7 Å². The van der Waals surface area contributed by atoms with Crippen LogP contribution in [0.25, 0.3) is 0 Å². The molecule has 0 aromatic heterocycles. The fourth-order valence-corrected chi connectivity index (χ4v) is 20.6. The Morgan fingerprint density at radius 2 is 0.972 bits per heavy atom. The van der Waals surface area contributed by atoms with Crippen LogP contribution in [0.15, 0.2) is 0 Å². The fourth-order valence-electron chi connectivity index (χ4n) is 18.7. The van der Waals surface area contributed by atoms with Gasteiger partial charge in [-0.2, -0.15) is 0 Å². The Bertz CT molecular complexity index is 2060. The molecule has 12 heteroatoms. The maximum atomic E-state index is 15.1. The second-order valence-corrected chi connectivity index (χ2v) is 31.0. The molecular formula is C60H91IO11. The van der Waals surface area contributed by atoms with E-state index >= 15 is 4.79 Å². The van der Waals surface area contributed by atoms with E-state index in [4.69, 9.17) is 23.7 Å². The molecule has 0 aromatic rings. The lowest BCUT2D eigenvalue weighted by molar-refractivity contribution is -0.226. The number of rotatable bonds is 22. The summed E-state index contributed by atoms with van der Waals surface area (Å²) in [7, 11) is 0. The summed E-state index contributed by atoms with van der Waals surface area (Å²) in [5.41, 5.74) is -5.63. The van der Waals surface area contributed by atoms with Gasteiger partial charge >= 0.3 is 29.8 Å². The smallest absolute Gasteiger partial charge is 0.347 e. The SMILES string of the molecule is CCC(C)(CCCC(C)(CCCC(C)(CCCC(C)(CC)C(=O)OC1(C)C2CC3CC(C2)CC1C3)C(=O)OC1CCOC1=O)C(=O)OC12CC3CC(CC(O)(C3)C1)C2)C(=O)OC12CC3CC(CC(I)(C3)C1)C2. The van der Waals surface area contributed by atoms with Crippen LogP contribution in [0.5, 0.6) is 0 Å². The molecule has 0 radical (unpaired) electrons. The maximum absolute atomic E-state index is 15.1. The van der Waals surface area contributed by atoms with E-state index in [9.17, 15) is 24.3 Å². The van der Waals surface area contributed by atoms with E-state index < -0.39 is 56.5 Å². The zero-order valence-electron chi connectivity index (χ0n) is 45.3. The van der Waals surface area contributed by atoms with E-state index in [-0.39, 0.29) is 33.5 Å². The van der Waals surface area contributed by atoms with Gasteiger partial charge in [0.25, 0.3) is 0 Å². The molecule has 72 heavy (non-hydrogen) atoms. The third-order valence-corrected chi connectivity index (χ3v) is 23.9. The van der Waals surface area contributed by atoms with Crippen molar-refractivity contribution >= 4 is 52.4 Å². The summed E-state index contributed by atoms with van der Waals surface area (Å²) in [6.45, 7) is 14.5. The number of aliphatic hydroxyl groups is 1. The van der Waals surface area contributed by atoms with E-state index in [1.165, 1.54) is 25.7 Å². The van der Waals surface area contributed by atoms with Crippen molar-refractivity contribution < 1.29 is 52.8 Å². The lowest BCUT2D eigenvalue weighted by Crippen LogP contribution is -2.61. The number of hydrogen-bond acceptors (Lipinski definition) is 11. The molecule has 13 aliphatic rings. The van der Waals surface area contributed by atoms with E-state index in [2.05, 4.69) is 43.4 Å². The molecule has 1 heterocycles. The van der Waals surface area contributed by atoms with Gasteiger partial charge in [0.15, 0.2) is 0 Å². The summed E-state index contributed by atoms with van der Waals surface area (Å²) in [5, 5.41) is 11.7. The molecule has 12 bridgehead atoms. The first-order valence-electron chi connectivity index (χ1n) is 29.3. The van der Waals surface area contributed by atoms with Crippen LogP contribution < -0.4 is 0 Å². The minimum Gasteiger partial charge on any atom is -0.463 e. The Balaban J connectivity index is 0.829. The first kappa shape index (κ1) is 53.4. The Kier molecular flexibility index (Phi) is 14.2. The molecule has 1 saturated heterocycles. The van der Waals surface area contributed by atoms with Gasteiger partial charge in [-0.3, -0.25) is 19.2 Å². The highest BCUT2D eigenvalue weighted by atomic mass is 127. The molecule has 13 fully saturated rings. The number of ether oxygens (including phenoxy) is 5. The van der Waals surface area contributed by atoms with Crippen molar-refractivity contribution in [2.45, 2.75) is 267 Å². The minimum atomic E-state index is -1.01. The average molecular weight is 1120 g/mol. The third kappa shape index (κ3) is 10.2. The fraction of sp³-hybridized carbons (Fsp3) is 0.917. The Morgan fingerprint density at radius 1 is 0.569 bits per heavy atom. The summed E-state index contributed by atoms with van der Waals surface area (Å²) in [4.78, 5) is 70.9. The second-order valence-electron chi connectivity index (χ2n) is 28.7. The standard InChI is InChI=1S/C60H91IO11/c1-8-52(3,49(64)70-56(7)44-24-38-21-39(26-44)27-45(56)25-38)14-10-16-54(5,48(63)69-46-13-20-68-47(46)62)17-12-19-55(6,51(66)72-60-34-42-23-43(35-60)31-58(67,30-42)37-60)18-11-15-53(4,9-2)50(65)71-59-32-40-22-41(33-59)29-57(61,28-40)36-59/h38-46,67H,8-37H2,1-7H3. The summed E-state index contributed by atoms with van der Waals surface area (Å²) in [5.74, 6) is 2.89. The zero-order chi connectivity index (χ0) is 51.3. The lowest BCUT2D eigenvalue weighted by atomic mass is 9.50. The van der Waals surface area contributed by atoms with E-state index in [0.29, 0.717) is 119 Å². The van der Waals surface area contributed by atoms with E-state index in [0.717, 1.165) is 88.9 Å². The van der Waals surface area contributed by atoms with Crippen LogP contribution in [0, 0.1) is 69.0 Å². The molecule has 0 aromatic carbocycles. The van der Waals surface area contributed by atoms with Crippen molar-refractivity contribution in [1.82, 2.24) is 0 Å². The van der Waals surface area contributed by atoms with Gasteiger partial charge in [-0.15, -0.1) is 0 Å². The Labute approximate surface area is 445 Å². The van der Waals surface area contributed by atoms with Gasteiger partial charge < -0.3 is 28.8 Å². The molecule has 12 aliphatic carbocycles. The van der Waals surface area contributed by atoms with E-state index in [1.54, 1.807) is 0 Å². The number of alkyl halides is 1. The summed E-state index contributed by atoms with van der Waals surface area (Å²) in [6.07, 6.45) is 22.5. The molecule has 1 aliphatic heterocycles. The van der Waals surface area contributed by atoms with Crippen LogP contribution >= 0.6 is 22.6 Å². The van der Waals surface area contributed by atoms with Crippen LogP contribution in [0.1, 0.15) is 235 Å². The first-order valence-corrected chi connectivity index (χ1v) is 30.4. The van der Waals surface area contributed by atoms with Crippen molar-refractivity contribution in [3.8, 4) is 0 Å². The predicted octanol–water partition coefficient (Wildman–Crippen LogP) is 12.7. The number of carbonyl (C=O) groups excluding carboxylic acids is 5.